The molecule has 0 unspecified atom stereocenters. The van der Waals surface area contributed by atoms with Crippen LogP contribution in [-0.4, -0.2) is 29.2 Å². The van der Waals surface area contributed by atoms with Crippen LogP contribution >= 0.6 is 11.6 Å². The summed E-state index contributed by atoms with van der Waals surface area (Å²) < 4.78 is 4.83. The van der Waals surface area contributed by atoms with Gasteiger partial charge in [0.2, 0.25) is 0 Å². The summed E-state index contributed by atoms with van der Waals surface area (Å²) in [5.41, 5.74) is 0.396. The van der Waals surface area contributed by atoms with E-state index < -0.39 is 29.1 Å². The summed E-state index contributed by atoms with van der Waals surface area (Å²) in [7, 11) is 0. The molecule has 26 heavy (non-hydrogen) atoms. The number of ketones is 1. The van der Waals surface area contributed by atoms with Crippen molar-refractivity contribution in [3.05, 3.63) is 68.7 Å². The minimum absolute atomic E-state index is 0.0975. The van der Waals surface area contributed by atoms with Crippen LogP contribution in [0.15, 0.2) is 42.5 Å². The number of amides is 1. The molecule has 0 heterocycles. The summed E-state index contributed by atoms with van der Waals surface area (Å²) in [6, 6.07) is 9.62. The van der Waals surface area contributed by atoms with Crippen LogP contribution < -0.4 is 5.32 Å². The number of carbonyl (C=O) groups excluding carboxylic acids is 3. The quantitative estimate of drug-likeness (QED) is 0.358. The van der Waals surface area contributed by atoms with Gasteiger partial charge in [0.05, 0.1) is 10.5 Å². The smallest absolute Gasteiger partial charge is 0.338 e. The SMILES string of the molecule is CC(=O)c1ccc(NC(=O)COC(=O)c2ccc(Cl)c([N+](=O)[O-])c2)cc1. The molecule has 0 bridgehead atoms. The van der Waals surface area contributed by atoms with E-state index in [1.807, 2.05) is 0 Å². The van der Waals surface area contributed by atoms with Gasteiger partial charge in [0.25, 0.3) is 11.6 Å². The minimum atomic E-state index is -0.896. The standard InChI is InChI=1S/C17H13ClN2O6/c1-10(21)11-2-5-13(6-3-11)19-16(22)9-26-17(23)12-4-7-14(18)15(8-12)20(24)25/h2-8H,9H2,1H3,(H,19,22). The van der Waals surface area contributed by atoms with Gasteiger partial charge >= 0.3 is 5.97 Å². The maximum Gasteiger partial charge on any atom is 0.338 e. The van der Waals surface area contributed by atoms with Crippen LogP contribution in [0.1, 0.15) is 27.6 Å². The van der Waals surface area contributed by atoms with E-state index in [-0.39, 0.29) is 16.4 Å². The van der Waals surface area contributed by atoms with E-state index >= 15 is 0 Å². The number of nitrogens with zero attached hydrogens (tertiary/aromatic N) is 1. The highest BCUT2D eigenvalue weighted by Gasteiger charge is 2.18. The summed E-state index contributed by atoms with van der Waals surface area (Å²) in [6.45, 7) is 0.845. The molecule has 1 N–H and O–H groups in total. The zero-order valence-electron chi connectivity index (χ0n) is 13.5. The van der Waals surface area contributed by atoms with E-state index in [0.29, 0.717) is 11.3 Å². The maximum absolute atomic E-state index is 11.9. The number of nitro groups is 1. The van der Waals surface area contributed by atoms with Gasteiger partial charge in [-0.2, -0.15) is 0 Å². The average Bonchev–Trinajstić information content (AvgIpc) is 2.60. The fraction of sp³-hybridized carbons (Fsp3) is 0.118. The fourth-order valence-corrected chi connectivity index (χ4v) is 2.17. The largest absolute Gasteiger partial charge is 0.452 e. The predicted octanol–water partition coefficient (Wildman–Crippen LogP) is 3.25. The third-order valence-corrected chi connectivity index (χ3v) is 3.61. The minimum Gasteiger partial charge on any atom is -0.452 e. The third-order valence-electron chi connectivity index (χ3n) is 3.29. The first-order chi connectivity index (χ1) is 12.3. The van der Waals surface area contributed by atoms with Gasteiger partial charge in [0.15, 0.2) is 12.4 Å². The second kappa shape index (κ2) is 8.21. The molecule has 0 saturated carbocycles. The number of halogens is 1. The third kappa shape index (κ3) is 4.87. The molecule has 0 fully saturated rings. The number of Topliss-reactive ketones (excluding diaryl/α,β-unsaturated/α-hetero) is 1. The average molecular weight is 377 g/mol. The maximum atomic E-state index is 11.9. The van der Waals surface area contributed by atoms with Crippen molar-refractivity contribution in [2.45, 2.75) is 6.92 Å². The molecule has 0 aliphatic rings. The second-order valence-electron chi connectivity index (χ2n) is 5.18. The summed E-state index contributed by atoms with van der Waals surface area (Å²) in [6.07, 6.45) is 0. The van der Waals surface area contributed by atoms with E-state index in [9.17, 15) is 24.5 Å². The Morgan fingerprint density at radius 2 is 1.73 bits per heavy atom. The van der Waals surface area contributed by atoms with Crippen molar-refractivity contribution < 1.29 is 24.0 Å². The molecule has 2 aromatic rings. The molecule has 0 aliphatic heterocycles. The number of carbonyl (C=O) groups is 3. The number of hydrogen-bond acceptors (Lipinski definition) is 6. The first-order valence-corrected chi connectivity index (χ1v) is 7.67. The molecule has 134 valence electrons. The van der Waals surface area contributed by atoms with Crippen LogP contribution in [0.3, 0.4) is 0 Å². The summed E-state index contributed by atoms with van der Waals surface area (Å²) in [5.74, 6) is -1.60. The van der Waals surface area contributed by atoms with E-state index in [1.54, 1.807) is 24.3 Å². The van der Waals surface area contributed by atoms with Crippen molar-refractivity contribution in [3.63, 3.8) is 0 Å². The number of benzene rings is 2. The Hall–Kier alpha value is -3.26. The number of hydrogen-bond donors (Lipinski definition) is 1. The van der Waals surface area contributed by atoms with Crippen molar-refractivity contribution in [3.8, 4) is 0 Å². The predicted molar refractivity (Wildman–Crippen MR) is 93.5 cm³/mol. The first kappa shape index (κ1) is 19.1. The van der Waals surface area contributed by atoms with Crippen molar-refractivity contribution in [1.29, 1.82) is 0 Å². The van der Waals surface area contributed by atoms with E-state index in [2.05, 4.69) is 5.32 Å². The molecule has 0 radical (unpaired) electrons. The van der Waals surface area contributed by atoms with Gasteiger partial charge < -0.3 is 10.1 Å². The molecular weight excluding hydrogens is 364 g/mol. The second-order valence-corrected chi connectivity index (χ2v) is 5.59. The van der Waals surface area contributed by atoms with Gasteiger partial charge in [0.1, 0.15) is 5.02 Å². The Labute approximate surface area is 152 Å². The van der Waals surface area contributed by atoms with Crippen molar-refractivity contribution >= 4 is 40.6 Å². The number of esters is 1. The molecule has 0 spiro atoms. The van der Waals surface area contributed by atoms with Crippen molar-refractivity contribution in [2.24, 2.45) is 0 Å². The zero-order chi connectivity index (χ0) is 19.3. The molecule has 0 saturated heterocycles. The summed E-state index contributed by atoms with van der Waals surface area (Å²) >= 11 is 5.67. The van der Waals surface area contributed by atoms with Gasteiger partial charge in [-0.1, -0.05) is 11.6 Å². The molecule has 0 aliphatic carbocycles. The van der Waals surface area contributed by atoms with Gasteiger partial charge in [-0.15, -0.1) is 0 Å². The lowest BCUT2D eigenvalue weighted by atomic mass is 10.1. The Morgan fingerprint density at radius 1 is 1.12 bits per heavy atom. The Balaban J connectivity index is 1.94. The first-order valence-electron chi connectivity index (χ1n) is 7.30. The Morgan fingerprint density at radius 3 is 2.31 bits per heavy atom. The van der Waals surface area contributed by atoms with Crippen LogP contribution in [0.5, 0.6) is 0 Å². The monoisotopic (exact) mass is 376 g/mol. The van der Waals surface area contributed by atoms with E-state index in [1.165, 1.54) is 19.1 Å². The zero-order valence-corrected chi connectivity index (χ0v) is 14.3. The lowest BCUT2D eigenvalue weighted by Crippen LogP contribution is -2.21. The highest BCUT2D eigenvalue weighted by atomic mass is 35.5. The Bertz CT molecular complexity index is 879. The lowest BCUT2D eigenvalue weighted by molar-refractivity contribution is -0.384. The molecule has 1 amide bonds. The van der Waals surface area contributed by atoms with Crippen LogP contribution in [-0.2, 0) is 9.53 Å². The molecule has 2 rings (SSSR count). The number of rotatable bonds is 6. The molecule has 2 aromatic carbocycles. The van der Waals surface area contributed by atoms with Crippen molar-refractivity contribution in [2.75, 3.05) is 11.9 Å². The number of nitrogens with one attached hydrogen (secondary N) is 1. The Kier molecular flexibility index (Phi) is 6.03. The van der Waals surface area contributed by atoms with Gasteiger partial charge in [-0.25, -0.2) is 4.79 Å². The highest BCUT2D eigenvalue weighted by Crippen LogP contribution is 2.25. The number of ether oxygens (including phenoxy) is 1. The fourth-order valence-electron chi connectivity index (χ4n) is 1.98. The molecule has 0 aromatic heterocycles. The topological polar surface area (TPSA) is 116 Å². The van der Waals surface area contributed by atoms with Gasteiger partial charge in [-0.05, 0) is 43.3 Å². The molecule has 8 nitrogen and oxygen atoms in total. The van der Waals surface area contributed by atoms with Crippen LogP contribution in [0.2, 0.25) is 5.02 Å². The molecule has 9 heteroatoms. The summed E-state index contributed by atoms with van der Waals surface area (Å²) in [4.78, 5) is 45.0. The molecule has 0 atom stereocenters. The van der Waals surface area contributed by atoms with Gasteiger partial charge in [0, 0.05) is 17.3 Å². The van der Waals surface area contributed by atoms with Crippen LogP contribution in [0.4, 0.5) is 11.4 Å². The van der Waals surface area contributed by atoms with Crippen LogP contribution in [0.25, 0.3) is 0 Å². The van der Waals surface area contributed by atoms with Crippen LogP contribution in [0, 0.1) is 10.1 Å². The normalized spacial score (nSPS) is 10.1. The van der Waals surface area contributed by atoms with Gasteiger partial charge in [-0.3, -0.25) is 19.7 Å². The number of anilines is 1. The molecular formula is C17H13ClN2O6. The highest BCUT2D eigenvalue weighted by molar-refractivity contribution is 6.32. The van der Waals surface area contributed by atoms with E-state index in [0.717, 1.165) is 6.07 Å². The van der Waals surface area contributed by atoms with Crippen molar-refractivity contribution in [1.82, 2.24) is 0 Å². The summed E-state index contributed by atoms with van der Waals surface area (Å²) in [5, 5.41) is 13.2. The van der Waals surface area contributed by atoms with E-state index in [4.69, 9.17) is 16.3 Å². The number of nitro benzene ring substituents is 1. The lowest BCUT2D eigenvalue weighted by Gasteiger charge is -2.07.